The van der Waals surface area contributed by atoms with E-state index in [2.05, 4.69) is 26.0 Å². The molecule has 0 saturated heterocycles. The van der Waals surface area contributed by atoms with E-state index in [0.29, 0.717) is 17.1 Å². The predicted molar refractivity (Wildman–Crippen MR) is 81.2 cm³/mol. The van der Waals surface area contributed by atoms with Crippen LogP contribution in [0, 0.1) is 28.6 Å². The second-order valence-corrected chi connectivity index (χ2v) is 8.15. The number of allylic oxidation sites excluding steroid dienone is 4. The number of rotatable bonds is 0. The molecule has 4 rings (SSSR count). The van der Waals surface area contributed by atoms with Gasteiger partial charge in [-0.05, 0) is 66.8 Å². The van der Waals surface area contributed by atoms with Crippen LogP contribution in [0.1, 0.15) is 58.8 Å². The molecule has 2 saturated carbocycles. The number of carbonyl (C=O) groups excluding carboxylic acids is 1. The van der Waals surface area contributed by atoms with E-state index in [1.807, 2.05) is 6.08 Å². The third-order valence-corrected chi connectivity index (χ3v) is 7.18. The number of hydrogen-bond acceptors (Lipinski definition) is 1. The Morgan fingerprint density at radius 3 is 2.85 bits per heavy atom. The van der Waals surface area contributed by atoms with Gasteiger partial charge in [-0.15, -0.1) is 0 Å². The molecule has 1 nitrogen and oxygen atoms in total. The topological polar surface area (TPSA) is 17.1 Å². The fraction of sp³-hybridized carbons (Fsp3) is 0.737. The highest BCUT2D eigenvalue weighted by molar-refractivity contribution is 5.91. The second kappa shape index (κ2) is 4.08. The van der Waals surface area contributed by atoms with Crippen molar-refractivity contribution in [3.63, 3.8) is 0 Å². The summed E-state index contributed by atoms with van der Waals surface area (Å²) in [4.78, 5) is 11.8. The minimum Gasteiger partial charge on any atom is -0.295 e. The molecular formula is C19H26O. The summed E-state index contributed by atoms with van der Waals surface area (Å²) in [5.74, 6) is 2.81. The smallest absolute Gasteiger partial charge is 0.155 e. The first-order chi connectivity index (χ1) is 9.53. The highest BCUT2D eigenvalue weighted by Crippen LogP contribution is 2.62. The molecule has 0 aromatic carbocycles. The van der Waals surface area contributed by atoms with Crippen LogP contribution in [0.2, 0.25) is 0 Å². The standard InChI is InChI=1S/C19H26O/c1-18-9-3-4-16(18)15-6-5-13-12-14(20)7-11-19(13,2)17(15)8-10-18/h8,10,12,15-17H,3-7,9,11H2,1-2H3/t15-,16-,17-,18-,19-/m0/s1. The lowest BCUT2D eigenvalue weighted by atomic mass is 9.50. The average Bonchev–Trinajstić information content (AvgIpc) is 2.81. The van der Waals surface area contributed by atoms with E-state index in [4.69, 9.17) is 0 Å². The monoisotopic (exact) mass is 270 g/mol. The van der Waals surface area contributed by atoms with Crippen LogP contribution < -0.4 is 0 Å². The number of carbonyl (C=O) groups is 1. The van der Waals surface area contributed by atoms with Crippen LogP contribution in [0.4, 0.5) is 0 Å². The normalized spacial score (nSPS) is 50.2. The van der Waals surface area contributed by atoms with Crippen LogP contribution in [0.5, 0.6) is 0 Å². The van der Waals surface area contributed by atoms with Crippen LogP contribution in [0.3, 0.4) is 0 Å². The van der Waals surface area contributed by atoms with Crippen LogP contribution >= 0.6 is 0 Å². The van der Waals surface area contributed by atoms with Gasteiger partial charge >= 0.3 is 0 Å². The van der Waals surface area contributed by atoms with E-state index >= 15 is 0 Å². The Kier molecular flexibility index (Phi) is 2.63. The van der Waals surface area contributed by atoms with E-state index in [9.17, 15) is 4.79 Å². The second-order valence-electron chi connectivity index (χ2n) is 8.15. The number of ketones is 1. The maximum Gasteiger partial charge on any atom is 0.155 e. The van der Waals surface area contributed by atoms with Crippen molar-refractivity contribution < 1.29 is 4.79 Å². The Morgan fingerprint density at radius 1 is 1.15 bits per heavy atom. The molecule has 0 radical (unpaired) electrons. The lowest BCUT2D eigenvalue weighted by Crippen LogP contribution is -2.47. The van der Waals surface area contributed by atoms with Crippen LogP contribution in [-0.4, -0.2) is 5.78 Å². The SMILES string of the molecule is C[C@]12CCC(=O)C=C1CC[C@@H]1[C@@H]2C=C[C@]2(C)CCC[C@@H]12. The van der Waals surface area contributed by atoms with Crippen molar-refractivity contribution in [2.75, 3.05) is 0 Å². The summed E-state index contributed by atoms with van der Waals surface area (Å²) in [6.45, 7) is 4.92. The molecule has 0 aliphatic heterocycles. The minimum absolute atomic E-state index is 0.275. The van der Waals surface area contributed by atoms with Crippen molar-refractivity contribution >= 4 is 5.78 Å². The van der Waals surface area contributed by atoms with Gasteiger partial charge < -0.3 is 0 Å². The summed E-state index contributed by atoms with van der Waals surface area (Å²) in [6.07, 6.45) is 15.6. The molecule has 0 N–H and O–H groups in total. The molecule has 4 aliphatic rings. The molecule has 0 heterocycles. The largest absolute Gasteiger partial charge is 0.295 e. The molecular weight excluding hydrogens is 244 g/mol. The highest BCUT2D eigenvalue weighted by atomic mass is 16.1. The van der Waals surface area contributed by atoms with Crippen molar-refractivity contribution in [3.8, 4) is 0 Å². The average molecular weight is 270 g/mol. The molecule has 0 bridgehead atoms. The van der Waals surface area contributed by atoms with E-state index in [1.165, 1.54) is 37.7 Å². The van der Waals surface area contributed by atoms with Crippen molar-refractivity contribution in [3.05, 3.63) is 23.8 Å². The Hall–Kier alpha value is -0.850. The van der Waals surface area contributed by atoms with E-state index in [1.54, 1.807) is 0 Å². The molecule has 5 atom stereocenters. The Balaban J connectivity index is 1.76. The fourth-order valence-corrected chi connectivity index (χ4v) is 5.95. The summed E-state index contributed by atoms with van der Waals surface area (Å²) >= 11 is 0. The Labute approximate surface area is 122 Å². The quantitative estimate of drug-likeness (QED) is 0.584. The predicted octanol–water partition coefficient (Wildman–Crippen LogP) is 4.68. The Bertz CT molecular complexity index is 514. The molecule has 0 amide bonds. The third-order valence-electron chi connectivity index (χ3n) is 7.18. The van der Waals surface area contributed by atoms with Gasteiger partial charge in [0.2, 0.25) is 0 Å². The molecule has 20 heavy (non-hydrogen) atoms. The summed E-state index contributed by atoms with van der Waals surface area (Å²) in [5.41, 5.74) is 2.21. The minimum atomic E-state index is 0.275. The van der Waals surface area contributed by atoms with Gasteiger partial charge in [-0.3, -0.25) is 4.79 Å². The highest BCUT2D eigenvalue weighted by Gasteiger charge is 2.53. The third kappa shape index (κ3) is 1.58. The summed E-state index contributed by atoms with van der Waals surface area (Å²) in [5, 5.41) is 0. The van der Waals surface area contributed by atoms with E-state index in [0.717, 1.165) is 24.7 Å². The van der Waals surface area contributed by atoms with Gasteiger partial charge in [-0.1, -0.05) is 38.0 Å². The van der Waals surface area contributed by atoms with Gasteiger partial charge in [-0.25, -0.2) is 0 Å². The van der Waals surface area contributed by atoms with E-state index in [-0.39, 0.29) is 5.41 Å². The van der Waals surface area contributed by atoms with Gasteiger partial charge in [0.15, 0.2) is 5.78 Å². The van der Waals surface area contributed by atoms with Crippen molar-refractivity contribution in [1.82, 2.24) is 0 Å². The van der Waals surface area contributed by atoms with Crippen molar-refractivity contribution in [2.45, 2.75) is 58.8 Å². The van der Waals surface area contributed by atoms with Crippen LogP contribution in [-0.2, 0) is 4.79 Å². The summed E-state index contributed by atoms with van der Waals surface area (Å²) < 4.78 is 0. The zero-order valence-electron chi connectivity index (χ0n) is 12.8. The summed E-state index contributed by atoms with van der Waals surface area (Å²) in [7, 11) is 0. The molecule has 0 spiro atoms. The maximum atomic E-state index is 11.8. The van der Waals surface area contributed by atoms with Gasteiger partial charge in [0.1, 0.15) is 0 Å². The lowest BCUT2D eigenvalue weighted by molar-refractivity contribution is -0.116. The first kappa shape index (κ1) is 12.9. The zero-order valence-corrected chi connectivity index (χ0v) is 12.8. The molecule has 2 fully saturated rings. The molecule has 0 unspecified atom stereocenters. The van der Waals surface area contributed by atoms with Crippen molar-refractivity contribution in [2.24, 2.45) is 28.6 Å². The molecule has 108 valence electrons. The number of fused-ring (bicyclic) bond motifs is 5. The Morgan fingerprint density at radius 2 is 2.00 bits per heavy atom. The lowest BCUT2D eigenvalue weighted by Gasteiger charge is -2.54. The van der Waals surface area contributed by atoms with Gasteiger partial charge in [-0.2, -0.15) is 0 Å². The van der Waals surface area contributed by atoms with Gasteiger partial charge in [0, 0.05) is 6.42 Å². The van der Waals surface area contributed by atoms with Gasteiger partial charge in [0.05, 0.1) is 0 Å². The first-order valence-electron chi connectivity index (χ1n) is 8.46. The fourth-order valence-electron chi connectivity index (χ4n) is 5.95. The molecule has 1 heteroatoms. The zero-order chi connectivity index (χ0) is 14.0. The molecule has 0 aromatic rings. The molecule has 0 aromatic heterocycles. The van der Waals surface area contributed by atoms with E-state index < -0.39 is 0 Å². The van der Waals surface area contributed by atoms with Crippen LogP contribution in [0.25, 0.3) is 0 Å². The molecule has 4 aliphatic carbocycles. The maximum absolute atomic E-state index is 11.8. The van der Waals surface area contributed by atoms with Crippen molar-refractivity contribution in [1.29, 1.82) is 0 Å². The van der Waals surface area contributed by atoms with Crippen LogP contribution in [0.15, 0.2) is 23.8 Å². The summed E-state index contributed by atoms with van der Waals surface area (Å²) in [6, 6.07) is 0. The van der Waals surface area contributed by atoms with Gasteiger partial charge in [0.25, 0.3) is 0 Å². The number of hydrogen-bond donors (Lipinski definition) is 0. The first-order valence-corrected chi connectivity index (χ1v) is 8.46.